The van der Waals surface area contributed by atoms with Crippen LogP contribution in [0.2, 0.25) is 0 Å². The first-order valence-corrected chi connectivity index (χ1v) is 17.6. The molecule has 254 valence electrons. The van der Waals surface area contributed by atoms with Crippen LogP contribution in [0.1, 0.15) is 61.8 Å². The minimum atomic E-state index is -0.639. The number of nitrogens with zero attached hydrogens (tertiary/aromatic N) is 5. The van der Waals surface area contributed by atoms with E-state index in [1.165, 1.54) is 16.7 Å². The normalized spacial score (nSPS) is 18.6. The minimum Gasteiger partial charge on any atom is -0.392 e. The number of para-hydroxylation sites is 1. The fourth-order valence-electron chi connectivity index (χ4n) is 6.50. The third kappa shape index (κ3) is 6.72. The van der Waals surface area contributed by atoms with Crippen molar-refractivity contribution in [2.75, 3.05) is 5.75 Å². The maximum absolute atomic E-state index is 13.1. The maximum Gasteiger partial charge on any atom is 0.261 e. The van der Waals surface area contributed by atoms with Crippen LogP contribution >= 0.6 is 11.8 Å². The number of hydrogen-bond acceptors (Lipinski definition) is 9. The van der Waals surface area contributed by atoms with Crippen molar-refractivity contribution in [2.45, 2.75) is 43.2 Å². The largest absolute Gasteiger partial charge is 0.392 e. The van der Waals surface area contributed by atoms with Crippen LogP contribution in [0.15, 0.2) is 133 Å². The average Bonchev–Trinajstić information content (AvgIpc) is 3.76. The number of ether oxygens (including phenoxy) is 2. The first-order valence-electron chi connectivity index (χ1n) is 16.7. The number of tetrazole rings is 1. The fraction of sp³-hybridized carbons (Fsp3) is 0.175. The summed E-state index contributed by atoms with van der Waals surface area (Å²) >= 11 is 1.53. The number of carbonyl (C=O) groups excluding carboxylic acids is 2. The lowest BCUT2D eigenvalue weighted by molar-refractivity contribution is -0.245. The van der Waals surface area contributed by atoms with E-state index in [4.69, 9.17) is 9.47 Å². The second-order valence-corrected chi connectivity index (χ2v) is 13.4. The third-order valence-electron chi connectivity index (χ3n) is 9.17. The van der Waals surface area contributed by atoms with Crippen molar-refractivity contribution in [1.82, 2.24) is 25.1 Å². The van der Waals surface area contributed by atoms with Crippen molar-refractivity contribution in [3.05, 3.63) is 161 Å². The van der Waals surface area contributed by atoms with Crippen LogP contribution in [0.25, 0.3) is 16.8 Å². The van der Waals surface area contributed by atoms with Gasteiger partial charge in [0.1, 0.15) is 0 Å². The highest BCUT2D eigenvalue weighted by Crippen LogP contribution is 2.40. The van der Waals surface area contributed by atoms with Crippen molar-refractivity contribution in [3.63, 3.8) is 0 Å². The average molecular weight is 696 g/mol. The van der Waals surface area contributed by atoms with Gasteiger partial charge in [-0.1, -0.05) is 115 Å². The molecule has 0 aliphatic carbocycles. The third-order valence-corrected chi connectivity index (χ3v) is 10.2. The first kappa shape index (κ1) is 32.7. The Kier molecular flexibility index (Phi) is 9.25. The zero-order valence-corrected chi connectivity index (χ0v) is 28.2. The van der Waals surface area contributed by atoms with Gasteiger partial charge in [0.15, 0.2) is 6.29 Å². The maximum atomic E-state index is 13.1. The van der Waals surface area contributed by atoms with Crippen molar-refractivity contribution in [2.24, 2.45) is 0 Å². The second kappa shape index (κ2) is 14.4. The quantitative estimate of drug-likeness (QED) is 0.120. The predicted molar refractivity (Wildman–Crippen MR) is 191 cm³/mol. The summed E-state index contributed by atoms with van der Waals surface area (Å²) in [5.41, 5.74) is 7.18. The molecule has 1 N–H and O–H groups in total. The Morgan fingerprint density at radius 3 is 2.08 bits per heavy atom. The molecule has 2 amide bonds. The molecule has 0 radical (unpaired) electrons. The molecule has 1 saturated heterocycles. The van der Waals surface area contributed by atoms with E-state index < -0.39 is 6.29 Å². The highest BCUT2D eigenvalue weighted by molar-refractivity contribution is 7.99. The van der Waals surface area contributed by atoms with E-state index in [-0.39, 0.29) is 37.2 Å². The van der Waals surface area contributed by atoms with Gasteiger partial charge in [-0.3, -0.25) is 14.5 Å². The zero-order chi connectivity index (χ0) is 34.7. The zero-order valence-electron chi connectivity index (χ0n) is 27.4. The van der Waals surface area contributed by atoms with Gasteiger partial charge < -0.3 is 14.6 Å². The SMILES string of the molecule is O=C1c2ccccc2C(=O)N1Cc1ccccc1-c1ccc([C@H]2O[C@@H](CSc3nnnn3-c3ccccc3)C[C@@H](c3ccc(CO)cc3)O2)cc1. The monoisotopic (exact) mass is 695 g/mol. The summed E-state index contributed by atoms with van der Waals surface area (Å²) in [6, 6.07) is 40.3. The summed E-state index contributed by atoms with van der Waals surface area (Å²) < 4.78 is 14.9. The van der Waals surface area contributed by atoms with Crippen molar-refractivity contribution in [1.29, 1.82) is 0 Å². The number of amides is 2. The highest BCUT2D eigenvalue weighted by atomic mass is 32.2. The molecule has 0 bridgehead atoms. The molecule has 0 saturated carbocycles. The lowest BCUT2D eigenvalue weighted by Crippen LogP contribution is -2.31. The van der Waals surface area contributed by atoms with Gasteiger partial charge in [0.25, 0.3) is 11.8 Å². The molecule has 1 fully saturated rings. The van der Waals surface area contributed by atoms with E-state index in [9.17, 15) is 14.7 Å². The molecule has 1 aromatic heterocycles. The number of thioether (sulfide) groups is 1. The summed E-state index contributed by atoms with van der Waals surface area (Å²) in [4.78, 5) is 27.5. The Labute approximate surface area is 298 Å². The molecular weight excluding hydrogens is 663 g/mol. The van der Waals surface area contributed by atoms with Crippen LogP contribution < -0.4 is 0 Å². The molecular formula is C40H33N5O5S. The molecule has 10 nitrogen and oxygen atoms in total. The number of aliphatic hydroxyl groups is 1. The van der Waals surface area contributed by atoms with Gasteiger partial charge >= 0.3 is 0 Å². The van der Waals surface area contributed by atoms with Crippen molar-refractivity contribution >= 4 is 23.6 Å². The molecule has 5 aromatic carbocycles. The Hall–Kier alpha value is -5.46. The standard InChI is InChI=1S/C40H33N5O5S/c46-24-26-14-16-28(17-15-26)36-22-32(25-51-40-41-42-43-45(40)31-9-2-1-3-10-31)49-39(50-36)29-20-18-27(19-21-29)33-11-5-4-8-30(33)23-44-37(47)34-12-6-7-13-35(34)38(44)48/h1-21,32,36,39,46H,22-25H2/t32-,36+,39+/m1/s1. The van der Waals surface area contributed by atoms with Crippen LogP contribution in [0, 0.1) is 0 Å². The lowest BCUT2D eigenvalue weighted by Gasteiger charge is -2.36. The molecule has 6 aromatic rings. The summed E-state index contributed by atoms with van der Waals surface area (Å²) in [6.07, 6.45) is -0.442. The number of benzene rings is 5. The second-order valence-electron chi connectivity index (χ2n) is 12.4. The van der Waals surface area contributed by atoms with E-state index in [2.05, 4.69) is 15.5 Å². The Balaban J connectivity index is 1.02. The topological polar surface area (TPSA) is 120 Å². The molecule has 3 atom stereocenters. The van der Waals surface area contributed by atoms with E-state index in [1.54, 1.807) is 28.9 Å². The number of rotatable bonds is 10. The van der Waals surface area contributed by atoms with Crippen molar-refractivity contribution in [3.8, 4) is 16.8 Å². The summed E-state index contributed by atoms with van der Waals surface area (Å²) in [6.45, 7) is 0.142. The van der Waals surface area contributed by atoms with Crippen LogP contribution in [0.4, 0.5) is 0 Å². The smallest absolute Gasteiger partial charge is 0.261 e. The molecule has 0 unspecified atom stereocenters. The van der Waals surface area contributed by atoms with Crippen molar-refractivity contribution < 1.29 is 24.2 Å². The summed E-state index contributed by atoms with van der Waals surface area (Å²) in [5.74, 6) is 0.0380. The molecule has 8 rings (SSSR count). The van der Waals surface area contributed by atoms with E-state index >= 15 is 0 Å². The summed E-state index contributed by atoms with van der Waals surface area (Å²) in [7, 11) is 0. The van der Waals surface area contributed by atoms with Gasteiger partial charge in [0, 0.05) is 17.7 Å². The van der Waals surface area contributed by atoms with Gasteiger partial charge in [-0.15, -0.1) is 5.10 Å². The molecule has 3 heterocycles. The molecule has 2 aliphatic rings. The van der Waals surface area contributed by atoms with E-state index in [0.29, 0.717) is 28.5 Å². The predicted octanol–water partition coefficient (Wildman–Crippen LogP) is 6.96. The Bertz CT molecular complexity index is 2140. The van der Waals surface area contributed by atoms with Gasteiger partial charge in [0.2, 0.25) is 5.16 Å². The van der Waals surface area contributed by atoms with Crippen LogP contribution in [0.5, 0.6) is 0 Å². The van der Waals surface area contributed by atoms with Gasteiger partial charge in [-0.2, -0.15) is 4.68 Å². The van der Waals surface area contributed by atoms with E-state index in [1.807, 2.05) is 103 Å². The number of carbonyl (C=O) groups is 2. The lowest BCUT2D eigenvalue weighted by atomic mass is 9.97. The fourth-order valence-corrected chi connectivity index (χ4v) is 7.41. The highest BCUT2D eigenvalue weighted by Gasteiger charge is 2.36. The van der Waals surface area contributed by atoms with Crippen LogP contribution in [0.3, 0.4) is 0 Å². The minimum absolute atomic E-state index is 0.0271. The molecule has 51 heavy (non-hydrogen) atoms. The number of hydrogen-bond donors (Lipinski definition) is 1. The first-order chi connectivity index (χ1) is 25.1. The molecule has 0 spiro atoms. The van der Waals surface area contributed by atoms with Gasteiger partial charge in [-0.25, -0.2) is 0 Å². The Morgan fingerprint density at radius 2 is 1.37 bits per heavy atom. The van der Waals surface area contributed by atoms with Crippen LogP contribution in [-0.2, 0) is 22.6 Å². The number of fused-ring (bicyclic) bond motifs is 1. The molecule has 2 aliphatic heterocycles. The Morgan fingerprint density at radius 1 is 0.725 bits per heavy atom. The van der Waals surface area contributed by atoms with Crippen LogP contribution in [-0.4, -0.2) is 53.9 Å². The number of aliphatic hydroxyl groups excluding tert-OH is 1. The molecule has 11 heteroatoms. The number of aromatic nitrogens is 4. The van der Waals surface area contributed by atoms with Gasteiger partial charge in [0.05, 0.1) is 42.2 Å². The van der Waals surface area contributed by atoms with E-state index in [0.717, 1.165) is 39.1 Å². The number of imide groups is 1. The summed E-state index contributed by atoms with van der Waals surface area (Å²) in [5, 5.41) is 22.6. The van der Waals surface area contributed by atoms with Gasteiger partial charge in [-0.05, 0) is 62.5 Å².